The minimum absolute atomic E-state index is 0.222. The zero-order chi connectivity index (χ0) is 12.8. The summed E-state index contributed by atoms with van der Waals surface area (Å²) in [6, 6.07) is 6.00. The molecule has 1 amide bonds. The summed E-state index contributed by atoms with van der Waals surface area (Å²) in [4.78, 5) is 10.9. The van der Waals surface area contributed by atoms with Crippen molar-refractivity contribution in [2.45, 2.75) is 33.1 Å². The second-order valence-corrected chi connectivity index (χ2v) is 4.34. The maximum Gasteiger partial charge on any atom is 0.237 e. The highest BCUT2D eigenvalue weighted by atomic mass is 16.5. The minimum atomic E-state index is -0.222. The fourth-order valence-electron chi connectivity index (χ4n) is 1.72. The van der Waals surface area contributed by atoms with Crippen molar-refractivity contribution in [3.8, 4) is 5.75 Å². The maximum absolute atomic E-state index is 10.9. The number of benzene rings is 1. The molecule has 0 bridgehead atoms. The van der Waals surface area contributed by atoms with Gasteiger partial charge in [0.05, 0.1) is 13.0 Å². The number of hydrogen-bond donors (Lipinski definition) is 2. The van der Waals surface area contributed by atoms with E-state index in [2.05, 4.69) is 32.3 Å². The molecule has 17 heavy (non-hydrogen) atoms. The van der Waals surface area contributed by atoms with Crippen LogP contribution in [0.3, 0.4) is 0 Å². The van der Waals surface area contributed by atoms with Gasteiger partial charge < -0.3 is 4.74 Å². The van der Waals surface area contributed by atoms with Gasteiger partial charge in [-0.25, -0.2) is 5.84 Å². The monoisotopic (exact) mass is 236 g/mol. The molecule has 4 nitrogen and oxygen atoms in total. The van der Waals surface area contributed by atoms with Crippen molar-refractivity contribution in [1.29, 1.82) is 0 Å². The van der Waals surface area contributed by atoms with Crippen LogP contribution in [-0.4, -0.2) is 12.5 Å². The van der Waals surface area contributed by atoms with E-state index in [9.17, 15) is 4.79 Å². The molecule has 0 aliphatic rings. The number of hydrazine groups is 1. The number of nitrogens with one attached hydrogen (secondary N) is 1. The summed E-state index contributed by atoms with van der Waals surface area (Å²) < 4.78 is 5.48. The number of nitrogens with two attached hydrogens (primary N) is 1. The molecule has 1 aromatic rings. The van der Waals surface area contributed by atoms with Crippen LogP contribution in [0.4, 0.5) is 0 Å². The van der Waals surface area contributed by atoms with Crippen molar-refractivity contribution < 1.29 is 9.53 Å². The highest BCUT2D eigenvalue weighted by molar-refractivity contribution is 5.75. The lowest BCUT2D eigenvalue weighted by atomic mass is 9.98. The van der Waals surface area contributed by atoms with Gasteiger partial charge in [0.2, 0.25) is 5.91 Å². The van der Waals surface area contributed by atoms with E-state index in [1.807, 2.05) is 12.1 Å². The summed E-state index contributed by atoms with van der Waals surface area (Å²) in [7, 11) is 0. The third-order valence-electron chi connectivity index (χ3n) is 2.62. The van der Waals surface area contributed by atoms with Gasteiger partial charge in [-0.2, -0.15) is 0 Å². The van der Waals surface area contributed by atoms with Crippen LogP contribution >= 0.6 is 0 Å². The number of amides is 1. The van der Waals surface area contributed by atoms with Crippen LogP contribution in [-0.2, 0) is 4.79 Å². The number of ether oxygens (including phenoxy) is 1. The molecular weight excluding hydrogens is 216 g/mol. The Morgan fingerprint density at radius 3 is 2.71 bits per heavy atom. The highest BCUT2D eigenvalue weighted by Gasteiger charge is 2.05. The molecule has 0 atom stereocenters. The lowest BCUT2D eigenvalue weighted by molar-refractivity contribution is -0.121. The predicted octanol–water partition coefficient (Wildman–Crippen LogP) is 1.88. The smallest absolute Gasteiger partial charge is 0.237 e. The number of carbonyl (C=O) groups is 1. The zero-order valence-corrected chi connectivity index (χ0v) is 10.6. The Balaban J connectivity index is 2.56. The molecule has 1 rings (SSSR count). The highest BCUT2D eigenvalue weighted by Crippen LogP contribution is 2.23. The van der Waals surface area contributed by atoms with Crippen LogP contribution in [0, 0.1) is 6.92 Å². The van der Waals surface area contributed by atoms with Crippen LogP contribution in [0.25, 0.3) is 0 Å². The molecule has 0 heterocycles. The van der Waals surface area contributed by atoms with Gasteiger partial charge in [-0.05, 0) is 36.1 Å². The molecular formula is C13H20N2O2. The number of carbonyl (C=O) groups excluding carboxylic acids is 1. The average Bonchev–Trinajstić information content (AvgIpc) is 2.28. The van der Waals surface area contributed by atoms with E-state index in [0.717, 1.165) is 5.75 Å². The molecule has 4 heteroatoms. The largest absolute Gasteiger partial charge is 0.493 e. The van der Waals surface area contributed by atoms with Crippen molar-refractivity contribution in [3.05, 3.63) is 29.3 Å². The fourth-order valence-corrected chi connectivity index (χ4v) is 1.72. The molecule has 0 spiro atoms. The molecule has 1 aromatic carbocycles. The Morgan fingerprint density at radius 2 is 2.18 bits per heavy atom. The summed E-state index contributed by atoms with van der Waals surface area (Å²) in [5.74, 6) is 6.05. The second kappa shape index (κ2) is 6.25. The summed E-state index contributed by atoms with van der Waals surface area (Å²) in [6.45, 7) is 6.72. The van der Waals surface area contributed by atoms with Crippen molar-refractivity contribution >= 4 is 5.91 Å². The van der Waals surface area contributed by atoms with Crippen LogP contribution in [0.1, 0.15) is 37.3 Å². The van der Waals surface area contributed by atoms with Crippen molar-refractivity contribution in [2.75, 3.05) is 6.61 Å². The van der Waals surface area contributed by atoms with E-state index in [1.54, 1.807) is 0 Å². The third kappa shape index (κ3) is 4.07. The molecule has 0 fully saturated rings. The molecule has 0 aromatic heterocycles. The molecule has 0 aliphatic carbocycles. The Labute approximate surface area is 102 Å². The van der Waals surface area contributed by atoms with Crippen LogP contribution in [0.15, 0.2) is 18.2 Å². The Morgan fingerprint density at radius 1 is 1.47 bits per heavy atom. The summed E-state index contributed by atoms with van der Waals surface area (Å²) in [5, 5.41) is 0. The zero-order valence-electron chi connectivity index (χ0n) is 10.6. The van der Waals surface area contributed by atoms with E-state index in [1.165, 1.54) is 11.1 Å². The minimum Gasteiger partial charge on any atom is -0.493 e. The van der Waals surface area contributed by atoms with Crippen molar-refractivity contribution in [1.82, 2.24) is 5.43 Å². The first-order valence-electron chi connectivity index (χ1n) is 5.77. The van der Waals surface area contributed by atoms with Gasteiger partial charge in [-0.15, -0.1) is 0 Å². The van der Waals surface area contributed by atoms with E-state index in [4.69, 9.17) is 10.6 Å². The quantitative estimate of drug-likeness (QED) is 0.466. The van der Waals surface area contributed by atoms with Crippen LogP contribution in [0.2, 0.25) is 0 Å². The normalized spacial score (nSPS) is 10.4. The van der Waals surface area contributed by atoms with E-state index in [0.29, 0.717) is 12.5 Å². The molecule has 3 N–H and O–H groups in total. The standard InChI is InChI=1S/C13H20N2O2/c1-9(2)12-5-4-11(8-10(12)3)17-7-6-13(16)15-14/h4-5,8-9H,6-7,14H2,1-3H3,(H,15,16). The van der Waals surface area contributed by atoms with Crippen molar-refractivity contribution in [3.63, 3.8) is 0 Å². The van der Waals surface area contributed by atoms with Gasteiger partial charge in [0.15, 0.2) is 0 Å². The molecule has 0 saturated heterocycles. The lowest BCUT2D eigenvalue weighted by Gasteiger charge is -2.12. The summed E-state index contributed by atoms with van der Waals surface area (Å²) in [6.07, 6.45) is 0.265. The molecule has 0 aliphatic heterocycles. The van der Waals surface area contributed by atoms with Crippen LogP contribution in [0.5, 0.6) is 5.75 Å². The van der Waals surface area contributed by atoms with Gasteiger partial charge in [-0.1, -0.05) is 19.9 Å². The summed E-state index contributed by atoms with van der Waals surface area (Å²) in [5.41, 5.74) is 4.59. The van der Waals surface area contributed by atoms with Crippen molar-refractivity contribution in [2.24, 2.45) is 5.84 Å². The van der Waals surface area contributed by atoms with Gasteiger partial charge >= 0.3 is 0 Å². The van der Waals surface area contributed by atoms with E-state index in [-0.39, 0.29) is 12.3 Å². The number of hydrogen-bond acceptors (Lipinski definition) is 3. The maximum atomic E-state index is 10.9. The first-order chi connectivity index (χ1) is 8.04. The van der Waals surface area contributed by atoms with Crippen LogP contribution < -0.4 is 16.0 Å². The third-order valence-corrected chi connectivity index (χ3v) is 2.62. The van der Waals surface area contributed by atoms with Gasteiger partial charge in [0.25, 0.3) is 0 Å². The van der Waals surface area contributed by atoms with E-state index < -0.39 is 0 Å². The van der Waals surface area contributed by atoms with Gasteiger partial charge in [-0.3, -0.25) is 10.2 Å². The summed E-state index contributed by atoms with van der Waals surface area (Å²) >= 11 is 0. The second-order valence-electron chi connectivity index (χ2n) is 4.34. The number of rotatable bonds is 5. The Kier molecular flexibility index (Phi) is 4.97. The van der Waals surface area contributed by atoms with Gasteiger partial charge in [0.1, 0.15) is 5.75 Å². The molecule has 94 valence electrons. The molecule has 0 saturated carbocycles. The first kappa shape index (κ1) is 13.5. The Hall–Kier alpha value is -1.55. The van der Waals surface area contributed by atoms with Gasteiger partial charge in [0, 0.05) is 0 Å². The predicted molar refractivity (Wildman–Crippen MR) is 67.7 cm³/mol. The molecule has 0 unspecified atom stereocenters. The van der Waals surface area contributed by atoms with E-state index >= 15 is 0 Å². The first-order valence-corrected chi connectivity index (χ1v) is 5.77. The number of aryl methyl sites for hydroxylation is 1. The average molecular weight is 236 g/mol. The Bertz CT molecular complexity index is 389. The molecule has 0 radical (unpaired) electrons. The topological polar surface area (TPSA) is 64.3 Å². The lowest BCUT2D eigenvalue weighted by Crippen LogP contribution is -2.31. The fraction of sp³-hybridized carbons (Fsp3) is 0.462. The SMILES string of the molecule is Cc1cc(OCCC(=O)NN)ccc1C(C)C.